The number of carbonyl (C=O) groups is 1. The molecule has 1 N–H and O–H groups in total. The van der Waals surface area contributed by atoms with Gasteiger partial charge in [0.05, 0.1) is 17.0 Å². The van der Waals surface area contributed by atoms with Crippen molar-refractivity contribution >= 4 is 17.7 Å². The first kappa shape index (κ1) is 25.6. The molecule has 1 heterocycles. The molecule has 0 fully saturated rings. The summed E-state index contributed by atoms with van der Waals surface area (Å²) in [4.78, 5) is 17.4. The maximum Gasteiger partial charge on any atom is 0.416 e. The van der Waals surface area contributed by atoms with Gasteiger partial charge in [0, 0.05) is 35.0 Å². The molecule has 4 aromatic rings. The van der Waals surface area contributed by atoms with Crippen LogP contribution in [0.15, 0.2) is 90.1 Å². The van der Waals surface area contributed by atoms with Gasteiger partial charge in [0.15, 0.2) is 5.16 Å². The SMILES string of the molecule is CC(C)n1c(SCCNC(=O)c2cccc(C(F)(F)F)c2)nc(-c2ccccc2)c1-c1ccccc1. The van der Waals surface area contributed by atoms with Crippen molar-refractivity contribution in [3.63, 3.8) is 0 Å². The Balaban J connectivity index is 1.54. The first-order valence-corrected chi connectivity index (χ1v) is 12.6. The molecule has 0 atom stereocenters. The van der Waals surface area contributed by atoms with Gasteiger partial charge in [0.2, 0.25) is 0 Å². The minimum absolute atomic E-state index is 0.0174. The normalized spacial score (nSPS) is 11.6. The van der Waals surface area contributed by atoms with E-state index in [2.05, 4.69) is 35.9 Å². The summed E-state index contributed by atoms with van der Waals surface area (Å²) in [5.74, 6) is -0.0273. The summed E-state index contributed by atoms with van der Waals surface area (Å²) in [6.07, 6.45) is -4.49. The number of hydrogen-bond acceptors (Lipinski definition) is 3. The second kappa shape index (κ2) is 11.0. The van der Waals surface area contributed by atoms with Crippen molar-refractivity contribution in [3.05, 3.63) is 96.1 Å². The lowest BCUT2D eigenvalue weighted by molar-refractivity contribution is -0.137. The summed E-state index contributed by atoms with van der Waals surface area (Å²) in [5, 5.41) is 3.53. The first-order valence-electron chi connectivity index (χ1n) is 11.6. The molecule has 1 aromatic heterocycles. The van der Waals surface area contributed by atoms with E-state index in [1.807, 2.05) is 48.5 Å². The fourth-order valence-electron chi connectivity index (χ4n) is 3.91. The van der Waals surface area contributed by atoms with Crippen molar-refractivity contribution in [1.82, 2.24) is 14.9 Å². The molecule has 1 amide bonds. The van der Waals surface area contributed by atoms with Gasteiger partial charge in [-0.1, -0.05) is 78.5 Å². The fraction of sp³-hybridized carbons (Fsp3) is 0.214. The van der Waals surface area contributed by atoms with Crippen molar-refractivity contribution in [2.24, 2.45) is 0 Å². The average molecular weight is 510 g/mol. The van der Waals surface area contributed by atoms with Crippen LogP contribution in [-0.4, -0.2) is 27.8 Å². The number of thioether (sulfide) groups is 1. The lowest BCUT2D eigenvalue weighted by atomic mass is 10.0. The van der Waals surface area contributed by atoms with Crippen molar-refractivity contribution in [2.75, 3.05) is 12.3 Å². The minimum Gasteiger partial charge on any atom is -0.351 e. The summed E-state index contributed by atoms with van der Waals surface area (Å²) in [7, 11) is 0. The first-order chi connectivity index (χ1) is 17.3. The highest BCUT2D eigenvalue weighted by molar-refractivity contribution is 7.99. The number of halogens is 3. The van der Waals surface area contributed by atoms with Crippen LogP contribution in [0, 0.1) is 0 Å². The zero-order chi connectivity index (χ0) is 25.7. The van der Waals surface area contributed by atoms with Gasteiger partial charge in [-0.3, -0.25) is 4.79 Å². The summed E-state index contributed by atoms with van der Waals surface area (Å²) < 4.78 is 41.1. The zero-order valence-corrected chi connectivity index (χ0v) is 20.7. The van der Waals surface area contributed by atoms with Crippen molar-refractivity contribution in [1.29, 1.82) is 0 Å². The Morgan fingerprint density at radius 3 is 2.19 bits per heavy atom. The standard InChI is InChI=1S/C28H26F3N3OS/c1-19(2)34-25(21-12-7-4-8-13-21)24(20-10-5-3-6-11-20)33-27(34)36-17-16-32-26(35)22-14-9-15-23(18-22)28(29,30)31/h3-15,18-19H,16-17H2,1-2H3,(H,32,35). The van der Waals surface area contributed by atoms with Gasteiger partial charge in [0.25, 0.3) is 5.91 Å². The van der Waals surface area contributed by atoms with Crippen LogP contribution >= 0.6 is 11.8 Å². The van der Waals surface area contributed by atoms with Crippen LogP contribution < -0.4 is 5.32 Å². The number of amides is 1. The molecule has 36 heavy (non-hydrogen) atoms. The quantitative estimate of drug-likeness (QED) is 0.200. The Morgan fingerprint density at radius 2 is 1.58 bits per heavy atom. The van der Waals surface area contributed by atoms with Crippen LogP contribution in [0.25, 0.3) is 22.5 Å². The van der Waals surface area contributed by atoms with Gasteiger partial charge < -0.3 is 9.88 Å². The molecule has 186 valence electrons. The fourth-order valence-corrected chi connectivity index (χ4v) is 4.89. The van der Waals surface area contributed by atoms with Gasteiger partial charge >= 0.3 is 6.18 Å². The monoisotopic (exact) mass is 509 g/mol. The van der Waals surface area contributed by atoms with Gasteiger partial charge in [-0.15, -0.1) is 0 Å². The van der Waals surface area contributed by atoms with Crippen LogP contribution in [-0.2, 0) is 6.18 Å². The Bertz CT molecular complexity index is 1320. The van der Waals surface area contributed by atoms with E-state index in [1.54, 1.807) is 0 Å². The topological polar surface area (TPSA) is 46.9 Å². The van der Waals surface area contributed by atoms with Gasteiger partial charge in [-0.2, -0.15) is 13.2 Å². The predicted molar refractivity (Wildman–Crippen MR) is 138 cm³/mol. The second-order valence-electron chi connectivity index (χ2n) is 8.47. The third-order valence-electron chi connectivity index (χ3n) is 5.56. The smallest absolute Gasteiger partial charge is 0.351 e. The van der Waals surface area contributed by atoms with E-state index in [9.17, 15) is 18.0 Å². The number of aromatic nitrogens is 2. The highest BCUT2D eigenvalue weighted by Gasteiger charge is 2.31. The molecule has 0 aliphatic rings. The Morgan fingerprint density at radius 1 is 0.944 bits per heavy atom. The highest BCUT2D eigenvalue weighted by atomic mass is 32.2. The number of carbonyl (C=O) groups excluding carboxylic acids is 1. The lowest BCUT2D eigenvalue weighted by Gasteiger charge is -2.16. The van der Waals surface area contributed by atoms with Crippen LogP contribution in [0.1, 0.15) is 35.8 Å². The van der Waals surface area contributed by atoms with Gasteiger partial charge in [-0.05, 0) is 32.0 Å². The van der Waals surface area contributed by atoms with E-state index in [-0.39, 0.29) is 18.2 Å². The Labute approximate surface area is 212 Å². The molecule has 0 unspecified atom stereocenters. The van der Waals surface area contributed by atoms with E-state index in [1.165, 1.54) is 23.9 Å². The molecule has 0 spiro atoms. The third kappa shape index (κ3) is 5.82. The molecule has 0 radical (unpaired) electrons. The molecular formula is C28H26F3N3OS. The van der Waals surface area contributed by atoms with Crippen LogP contribution in [0.4, 0.5) is 13.2 Å². The Hall–Kier alpha value is -3.52. The van der Waals surface area contributed by atoms with E-state index in [4.69, 9.17) is 4.98 Å². The average Bonchev–Trinajstić information content (AvgIpc) is 3.27. The Kier molecular flexibility index (Phi) is 7.84. The van der Waals surface area contributed by atoms with Crippen LogP contribution in [0.2, 0.25) is 0 Å². The number of rotatable bonds is 8. The number of benzene rings is 3. The minimum atomic E-state index is -4.49. The highest BCUT2D eigenvalue weighted by Crippen LogP contribution is 2.38. The van der Waals surface area contributed by atoms with Gasteiger partial charge in [-0.25, -0.2) is 4.98 Å². The number of alkyl halides is 3. The van der Waals surface area contributed by atoms with Crippen molar-refractivity contribution in [2.45, 2.75) is 31.2 Å². The number of nitrogens with zero attached hydrogens (tertiary/aromatic N) is 2. The summed E-state index contributed by atoms with van der Waals surface area (Å²) in [6.45, 7) is 4.48. The molecule has 0 aliphatic heterocycles. The van der Waals surface area contributed by atoms with E-state index in [0.717, 1.165) is 39.8 Å². The van der Waals surface area contributed by atoms with E-state index in [0.29, 0.717) is 5.75 Å². The van der Waals surface area contributed by atoms with Crippen molar-refractivity contribution < 1.29 is 18.0 Å². The third-order valence-corrected chi connectivity index (χ3v) is 6.51. The summed E-state index contributed by atoms with van der Waals surface area (Å²) in [5.41, 5.74) is 3.11. The van der Waals surface area contributed by atoms with Crippen LogP contribution in [0.3, 0.4) is 0 Å². The predicted octanol–water partition coefficient (Wildman–Crippen LogP) is 7.34. The molecule has 0 saturated carbocycles. The van der Waals surface area contributed by atoms with Crippen molar-refractivity contribution in [3.8, 4) is 22.5 Å². The molecule has 0 aliphatic carbocycles. The number of hydrogen-bond donors (Lipinski definition) is 1. The maximum absolute atomic E-state index is 13.0. The number of nitrogens with one attached hydrogen (secondary N) is 1. The second-order valence-corrected chi connectivity index (χ2v) is 9.53. The van der Waals surface area contributed by atoms with Gasteiger partial charge in [0.1, 0.15) is 0 Å². The molecular weight excluding hydrogens is 483 g/mol. The molecule has 0 bridgehead atoms. The van der Waals surface area contributed by atoms with Crippen LogP contribution in [0.5, 0.6) is 0 Å². The molecule has 8 heteroatoms. The lowest BCUT2D eigenvalue weighted by Crippen LogP contribution is -2.26. The maximum atomic E-state index is 13.0. The van der Waals surface area contributed by atoms with E-state index < -0.39 is 17.6 Å². The molecule has 4 nitrogen and oxygen atoms in total. The molecule has 3 aromatic carbocycles. The number of imidazole rings is 1. The zero-order valence-electron chi connectivity index (χ0n) is 19.9. The molecule has 0 saturated heterocycles. The molecule has 4 rings (SSSR count). The summed E-state index contributed by atoms with van der Waals surface area (Å²) in [6, 6.07) is 24.7. The van der Waals surface area contributed by atoms with E-state index >= 15 is 0 Å². The largest absolute Gasteiger partial charge is 0.416 e. The summed E-state index contributed by atoms with van der Waals surface area (Å²) >= 11 is 1.50.